The Morgan fingerprint density at radius 3 is 3.05 bits per heavy atom. The maximum absolute atomic E-state index is 11.8. The molecule has 0 saturated heterocycles. The van der Waals surface area contributed by atoms with Crippen LogP contribution < -0.4 is 11.1 Å². The van der Waals surface area contributed by atoms with Crippen molar-refractivity contribution in [2.24, 2.45) is 5.73 Å². The first-order chi connectivity index (χ1) is 9.13. The van der Waals surface area contributed by atoms with Crippen molar-refractivity contribution in [2.75, 3.05) is 11.6 Å². The minimum atomic E-state index is -0.441. The molecule has 1 amide bonds. The fourth-order valence-electron chi connectivity index (χ4n) is 1.75. The number of nitrogens with one attached hydrogen (secondary N) is 1. The van der Waals surface area contributed by atoms with Crippen LogP contribution in [0.5, 0.6) is 0 Å². The number of anilines is 1. The van der Waals surface area contributed by atoms with Crippen molar-refractivity contribution in [2.45, 2.75) is 30.1 Å². The van der Waals surface area contributed by atoms with Gasteiger partial charge in [0.05, 0.1) is 16.3 Å². The standard InChI is InChI=1S/C13H17N3OS2/c1-3-4-9(14)12(17)15-8-5-6-10-11(7-8)19-13(16-10)18-2/h5-7,9H,3-4,14H2,1-2H3,(H,15,17)/t9-/m0/s1. The Morgan fingerprint density at radius 2 is 2.37 bits per heavy atom. The monoisotopic (exact) mass is 295 g/mol. The van der Waals surface area contributed by atoms with E-state index in [4.69, 9.17) is 5.73 Å². The van der Waals surface area contributed by atoms with Crippen LogP contribution in [0.15, 0.2) is 22.5 Å². The summed E-state index contributed by atoms with van der Waals surface area (Å²) >= 11 is 3.25. The summed E-state index contributed by atoms with van der Waals surface area (Å²) in [5.41, 5.74) is 7.53. The average molecular weight is 295 g/mol. The van der Waals surface area contributed by atoms with Crippen LogP contribution in [0, 0.1) is 0 Å². The molecule has 2 aromatic rings. The molecule has 4 nitrogen and oxygen atoms in total. The Hall–Kier alpha value is -1.11. The van der Waals surface area contributed by atoms with E-state index < -0.39 is 6.04 Å². The molecule has 0 aliphatic rings. The molecule has 0 spiro atoms. The third-order valence-corrected chi connectivity index (χ3v) is 4.75. The smallest absolute Gasteiger partial charge is 0.241 e. The molecule has 0 aliphatic carbocycles. The van der Waals surface area contributed by atoms with E-state index in [1.54, 1.807) is 23.1 Å². The molecule has 19 heavy (non-hydrogen) atoms. The molecule has 3 N–H and O–H groups in total. The zero-order valence-electron chi connectivity index (χ0n) is 11.0. The summed E-state index contributed by atoms with van der Waals surface area (Å²) in [6.45, 7) is 2.01. The van der Waals surface area contributed by atoms with Crippen molar-refractivity contribution in [1.29, 1.82) is 0 Å². The number of nitrogens with zero attached hydrogens (tertiary/aromatic N) is 1. The number of rotatable bonds is 5. The second-order valence-corrected chi connectivity index (χ2v) is 6.33. The van der Waals surface area contributed by atoms with Gasteiger partial charge in [-0.3, -0.25) is 4.79 Å². The van der Waals surface area contributed by atoms with Crippen molar-refractivity contribution in [1.82, 2.24) is 4.98 Å². The van der Waals surface area contributed by atoms with Crippen LogP contribution in [0.25, 0.3) is 10.2 Å². The van der Waals surface area contributed by atoms with Crippen LogP contribution in [0.2, 0.25) is 0 Å². The summed E-state index contributed by atoms with van der Waals surface area (Å²) in [5, 5.41) is 2.85. The summed E-state index contributed by atoms with van der Waals surface area (Å²) in [5.74, 6) is -0.129. The van der Waals surface area contributed by atoms with E-state index in [1.807, 2.05) is 31.4 Å². The van der Waals surface area contributed by atoms with Gasteiger partial charge in [0, 0.05) is 5.69 Å². The number of carbonyl (C=O) groups excluding carboxylic acids is 1. The van der Waals surface area contributed by atoms with Crippen LogP contribution >= 0.6 is 23.1 Å². The first kappa shape index (κ1) is 14.3. The van der Waals surface area contributed by atoms with Gasteiger partial charge in [-0.25, -0.2) is 4.98 Å². The number of carbonyl (C=O) groups is 1. The Balaban J connectivity index is 2.14. The number of hydrogen-bond acceptors (Lipinski definition) is 5. The summed E-state index contributed by atoms with van der Waals surface area (Å²) in [6.07, 6.45) is 3.61. The number of benzene rings is 1. The molecule has 2 rings (SSSR count). The molecule has 1 aromatic carbocycles. The maximum atomic E-state index is 11.8. The molecule has 1 aromatic heterocycles. The van der Waals surface area contributed by atoms with Crippen LogP contribution in [0.1, 0.15) is 19.8 Å². The van der Waals surface area contributed by atoms with E-state index in [0.29, 0.717) is 6.42 Å². The predicted octanol–water partition coefficient (Wildman–Crippen LogP) is 3.08. The Labute approximate surface area is 120 Å². The van der Waals surface area contributed by atoms with Gasteiger partial charge >= 0.3 is 0 Å². The number of amides is 1. The van der Waals surface area contributed by atoms with Gasteiger partial charge in [-0.1, -0.05) is 25.1 Å². The highest BCUT2D eigenvalue weighted by molar-refractivity contribution is 8.00. The molecule has 0 fully saturated rings. The minimum absolute atomic E-state index is 0.129. The Bertz CT molecular complexity index is 582. The second kappa shape index (κ2) is 6.36. The lowest BCUT2D eigenvalue weighted by Crippen LogP contribution is -2.35. The third kappa shape index (κ3) is 3.46. The van der Waals surface area contributed by atoms with E-state index in [1.165, 1.54) is 0 Å². The molecule has 0 bridgehead atoms. The van der Waals surface area contributed by atoms with Crippen LogP contribution in [-0.2, 0) is 4.79 Å². The highest BCUT2D eigenvalue weighted by Gasteiger charge is 2.13. The van der Waals surface area contributed by atoms with Crippen molar-refractivity contribution in [3.63, 3.8) is 0 Å². The van der Waals surface area contributed by atoms with Crippen molar-refractivity contribution >= 4 is 44.9 Å². The molecule has 1 atom stereocenters. The van der Waals surface area contributed by atoms with Gasteiger partial charge in [-0.05, 0) is 30.9 Å². The van der Waals surface area contributed by atoms with Gasteiger partial charge in [0.1, 0.15) is 0 Å². The van der Waals surface area contributed by atoms with Crippen molar-refractivity contribution in [3.05, 3.63) is 18.2 Å². The fourth-order valence-corrected chi connectivity index (χ4v) is 3.27. The van der Waals surface area contributed by atoms with Crippen molar-refractivity contribution in [3.8, 4) is 0 Å². The second-order valence-electron chi connectivity index (χ2n) is 4.25. The summed E-state index contributed by atoms with van der Waals surface area (Å²) in [4.78, 5) is 16.3. The number of thioether (sulfide) groups is 1. The number of fused-ring (bicyclic) bond motifs is 1. The zero-order valence-corrected chi connectivity index (χ0v) is 12.6. The lowest BCUT2D eigenvalue weighted by Gasteiger charge is -2.10. The van der Waals surface area contributed by atoms with Gasteiger partial charge in [-0.2, -0.15) is 0 Å². The molecule has 102 valence electrons. The molecule has 0 radical (unpaired) electrons. The van der Waals surface area contributed by atoms with E-state index in [-0.39, 0.29) is 5.91 Å². The van der Waals surface area contributed by atoms with Crippen LogP contribution in [0.4, 0.5) is 5.69 Å². The molecule has 0 aliphatic heterocycles. The highest BCUT2D eigenvalue weighted by Crippen LogP contribution is 2.29. The summed E-state index contributed by atoms with van der Waals surface area (Å²) < 4.78 is 2.10. The normalized spacial score (nSPS) is 12.6. The Kier molecular flexibility index (Phi) is 4.79. The van der Waals surface area contributed by atoms with Crippen LogP contribution in [0.3, 0.4) is 0 Å². The van der Waals surface area contributed by atoms with Gasteiger partial charge in [0.25, 0.3) is 0 Å². The first-order valence-corrected chi connectivity index (χ1v) is 8.19. The highest BCUT2D eigenvalue weighted by atomic mass is 32.2. The minimum Gasteiger partial charge on any atom is -0.325 e. The molecule has 0 unspecified atom stereocenters. The SMILES string of the molecule is CCC[C@H](N)C(=O)Nc1ccc2nc(SC)sc2c1. The molecule has 0 saturated carbocycles. The number of thiazole rings is 1. The maximum Gasteiger partial charge on any atom is 0.241 e. The number of nitrogens with two attached hydrogens (primary N) is 1. The van der Waals surface area contributed by atoms with Gasteiger partial charge in [-0.15, -0.1) is 11.3 Å². The topological polar surface area (TPSA) is 68.0 Å². The molecular formula is C13H17N3OS2. The molecule has 1 heterocycles. The fraction of sp³-hybridized carbons (Fsp3) is 0.385. The van der Waals surface area contributed by atoms with Gasteiger partial charge < -0.3 is 11.1 Å². The third-order valence-electron chi connectivity index (χ3n) is 2.75. The van der Waals surface area contributed by atoms with Gasteiger partial charge in [0.2, 0.25) is 5.91 Å². The largest absolute Gasteiger partial charge is 0.325 e. The first-order valence-electron chi connectivity index (χ1n) is 6.15. The number of aromatic nitrogens is 1. The van der Waals surface area contributed by atoms with Gasteiger partial charge in [0.15, 0.2) is 4.34 Å². The Morgan fingerprint density at radius 1 is 1.58 bits per heavy atom. The molecular weight excluding hydrogens is 278 g/mol. The zero-order chi connectivity index (χ0) is 13.8. The van der Waals surface area contributed by atoms with E-state index in [2.05, 4.69) is 10.3 Å². The van der Waals surface area contributed by atoms with Crippen molar-refractivity contribution < 1.29 is 4.79 Å². The lowest BCUT2D eigenvalue weighted by atomic mass is 10.1. The number of hydrogen-bond donors (Lipinski definition) is 2. The van der Waals surface area contributed by atoms with Crippen LogP contribution in [-0.4, -0.2) is 23.2 Å². The van der Waals surface area contributed by atoms with E-state index >= 15 is 0 Å². The molecule has 6 heteroatoms. The lowest BCUT2D eigenvalue weighted by molar-refractivity contribution is -0.117. The predicted molar refractivity (Wildman–Crippen MR) is 82.9 cm³/mol. The average Bonchev–Trinajstić information content (AvgIpc) is 2.81. The van der Waals surface area contributed by atoms with E-state index in [9.17, 15) is 4.79 Å². The quantitative estimate of drug-likeness (QED) is 0.832. The van der Waals surface area contributed by atoms with E-state index in [0.717, 1.165) is 26.7 Å². The summed E-state index contributed by atoms with van der Waals surface area (Å²) in [6, 6.07) is 5.29. The summed E-state index contributed by atoms with van der Waals surface area (Å²) in [7, 11) is 0.